The van der Waals surface area contributed by atoms with Crippen LogP contribution in [0.2, 0.25) is 0 Å². The van der Waals surface area contributed by atoms with Crippen molar-refractivity contribution in [3.05, 3.63) is 0 Å². The molecule has 0 aliphatic heterocycles. The van der Waals surface area contributed by atoms with Crippen molar-refractivity contribution in [2.45, 2.75) is 18.0 Å². The molecule has 0 aliphatic carbocycles. The molecular formula is C8H11N5O2S. The predicted molar refractivity (Wildman–Crippen MR) is 57.3 cm³/mol. The quantitative estimate of drug-likeness (QED) is 0.548. The van der Waals surface area contributed by atoms with E-state index < -0.39 is 9.84 Å². The van der Waals surface area contributed by atoms with Crippen LogP contribution in [0.4, 0.5) is 5.95 Å². The summed E-state index contributed by atoms with van der Waals surface area (Å²) in [5.41, 5.74) is 0. The molecule has 1 rings (SSSR count). The molecule has 1 heterocycles. The van der Waals surface area contributed by atoms with Crippen molar-refractivity contribution in [3.8, 4) is 12.3 Å². The third-order valence-corrected chi connectivity index (χ3v) is 2.40. The number of nitrogens with one attached hydrogen (secondary N) is 1. The Kier molecular flexibility index (Phi) is 4.13. The fourth-order valence-corrected chi connectivity index (χ4v) is 1.21. The number of nitrogens with zero attached hydrogens (tertiary/aromatic N) is 4. The lowest BCUT2D eigenvalue weighted by Gasteiger charge is -2.01. The zero-order valence-corrected chi connectivity index (χ0v) is 9.53. The van der Waals surface area contributed by atoms with Crippen molar-refractivity contribution in [1.82, 2.24) is 20.4 Å². The van der Waals surface area contributed by atoms with Crippen molar-refractivity contribution in [2.24, 2.45) is 0 Å². The number of hydrogen-bond acceptors (Lipinski definition) is 7. The zero-order valence-electron chi connectivity index (χ0n) is 8.71. The topological polar surface area (TPSA) is 97.7 Å². The molecule has 7 nitrogen and oxygen atoms in total. The SMILES string of the molecule is C#CCCCNc1nnc(S(C)(=O)=O)nn1. The Labute approximate surface area is 93.6 Å². The van der Waals surface area contributed by atoms with Gasteiger partial charge in [-0.3, -0.25) is 0 Å². The Balaban J connectivity index is 2.56. The van der Waals surface area contributed by atoms with Crippen molar-refractivity contribution >= 4 is 15.8 Å². The predicted octanol–water partition coefficient (Wildman–Crippen LogP) is -0.505. The highest BCUT2D eigenvalue weighted by Gasteiger charge is 2.12. The molecule has 0 spiro atoms. The van der Waals surface area contributed by atoms with E-state index in [4.69, 9.17) is 6.42 Å². The summed E-state index contributed by atoms with van der Waals surface area (Å²) in [5.74, 6) is 2.68. The van der Waals surface area contributed by atoms with Gasteiger partial charge in [0.25, 0.3) is 11.1 Å². The molecule has 0 saturated carbocycles. The number of unbranched alkanes of at least 4 members (excludes halogenated alkanes) is 1. The highest BCUT2D eigenvalue weighted by molar-refractivity contribution is 7.90. The Morgan fingerprint density at radius 1 is 1.31 bits per heavy atom. The molecule has 1 aromatic heterocycles. The molecule has 0 aromatic carbocycles. The lowest BCUT2D eigenvalue weighted by Crippen LogP contribution is -2.12. The molecule has 0 aliphatic rings. The summed E-state index contributed by atoms with van der Waals surface area (Å²) in [6, 6.07) is 0. The minimum absolute atomic E-state index is 0.185. The highest BCUT2D eigenvalue weighted by Crippen LogP contribution is 1.99. The zero-order chi connectivity index (χ0) is 12.0. The van der Waals surface area contributed by atoms with Gasteiger partial charge in [0.05, 0.1) is 0 Å². The van der Waals surface area contributed by atoms with Gasteiger partial charge in [-0.05, 0) is 6.42 Å². The number of hydrogen-bond donors (Lipinski definition) is 1. The number of aromatic nitrogens is 4. The Morgan fingerprint density at radius 3 is 2.44 bits per heavy atom. The molecule has 0 atom stereocenters. The van der Waals surface area contributed by atoms with Crippen LogP contribution in [-0.2, 0) is 9.84 Å². The first-order valence-electron chi connectivity index (χ1n) is 4.49. The maximum atomic E-state index is 11.0. The van der Waals surface area contributed by atoms with E-state index in [1.165, 1.54) is 0 Å². The molecule has 1 N–H and O–H groups in total. The van der Waals surface area contributed by atoms with Crippen LogP contribution >= 0.6 is 0 Å². The largest absolute Gasteiger partial charge is 0.352 e. The van der Waals surface area contributed by atoms with Crippen LogP contribution < -0.4 is 5.32 Å². The van der Waals surface area contributed by atoms with Crippen molar-refractivity contribution in [1.29, 1.82) is 0 Å². The van der Waals surface area contributed by atoms with Gasteiger partial charge in [0.15, 0.2) is 0 Å². The average Bonchev–Trinajstić information content (AvgIpc) is 2.24. The Bertz CT molecular complexity index is 476. The maximum absolute atomic E-state index is 11.0. The lowest BCUT2D eigenvalue weighted by atomic mass is 10.3. The highest BCUT2D eigenvalue weighted by atomic mass is 32.2. The standard InChI is InChI=1S/C8H11N5O2S/c1-3-4-5-6-9-7-10-12-8(13-11-7)16(2,14)15/h1H,4-6H2,2H3,(H,9,10,11). The van der Waals surface area contributed by atoms with Gasteiger partial charge < -0.3 is 5.32 Å². The molecule has 0 saturated heterocycles. The van der Waals surface area contributed by atoms with Crippen LogP contribution in [0.3, 0.4) is 0 Å². The van der Waals surface area contributed by atoms with E-state index in [-0.39, 0.29) is 11.1 Å². The number of terminal acetylenes is 1. The van der Waals surface area contributed by atoms with E-state index in [1.807, 2.05) is 0 Å². The molecule has 0 fully saturated rings. The minimum Gasteiger partial charge on any atom is -0.352 e. The molecular weight excluding hydrogens is 230 g/mol. The van der Waals surface area contributed by atoms with E-state index >= 15 is 0 Å². The fraction of sp³-hybridized carbons (Fsp3) is 0.500. The molecule has 86 valence electrons. The van der Waals surface area contributed by atoms with Gasteiger partial charge in [-0.15, -0.1) is 32.7 Å². The van der Waals surface area contributed by atoms with Gasteiger partial charge in [-0.1, -0.05) is 0 Å². The van der Waals surface area contributed by atoms with Gasteiger partial charge in [0.2, 0.25) is 9.84 Å². The molecule has 8 heteroatoms. The van der Waals surface area contributed by atoms with Gasteiger partial charge in [0.1, 0.15) is 0 Å². The van der Waals surface area contributed by atoms with Crippen molar-refractivity contribution < 1.29 is 8.42 Å². The lowest BCUT2D eigenvalue weighted by molar-refractivity contribution is 0.583. The molecule has 16 heavy (non-hydrogen) atoms. The third-order valence-electron chi connectivity index (χ3n) is 1.57. The number of rotatable bonds is 5. The van der Waals surface area contributed by atoms with Crippen molar-refractivity contribution in [3.63, 3.8) is 0 Å². The maximum Gasteiger partial charge on any atom is 0.286 e. The summed E-state index contributed by atoms with van der Waals surface area (Å²) in [7, 11) is -3.45. The first-order chi connectivity index (χ1) is 7.54. The summed E-state index contributed by atoms with van der Waals surface area (Å²) >= 11 is 0. The summed E-state index contributed by atoms with van der Waals surface area (Å²) < 4.78 is 22.0. The van der Waals surface area contributed by atoms with E-state index in [9.17, 15) is 8.42 Å². The van der Waals surface area contributed by atoms with Gasteiger partial charge >= 0.3 is 0 Å². The molecule has 1 aromatic rings. The van der Waals surface area contributed by atoms with E-state index in [0.717, 1.165) is 12.7 Å². The van der Waals surface area contributed by atoms with Gasteiger partial charge in [0, 0.05) is 19.2 Å². The van der Waals surface area contributed by atoms with E-state index in [0.29, 0.717) is 13.0 Å². The van der Waals surface area contributed by atoms with E-state index in [2.05, 4.69) is 31.6 Å². The minimum atomic E-state index is -3.45. The van der Waals surface area contributed by atoms with Gasteiger partial charge in [-0.25, -0.2) is 8.42 Å². The second-order valence-electron chi connectivity index (χ2n) is 3.01. The molecule has 0 unspecified atom stereocenters. The summed E-state index contributed by atoms with van der Waals surface area (Å²) in [6.45, 7) is 0.589. The Morgan fingerprint density at radius 2 is 1.94 bits per heavy atom. The normalized spacial score (nSPS) is 10.8. The number of anilines is 1. The monoisotopic (exact) mass is 241 g/mol. The fourth-order valence-electron chi connectivity index (χ4n) is 0.830. The van der Waals surface area contributed by atoms with Crippen LogP contribution in [0.5, 0.6) is 0 Å². The average molecular weight is 241 g/mol. The summed E-state index contributed by atoms with van der Waals surface area (Å²) in [4.78, 5) is 0. The summed E-state index contributed by atoms with van der Waals surface area (Å²) in [5, 5.41) is 16.5. The Hall–Kier alpha value is -1.75. The first kappa shape index (κ1) is 12.3. The molecule has 0 radical (unpaired) electrons. The van der Waals surface area contributed by atoms with E-state index in [1.54, 1.807) is 0 Å². The van der Waals surface area contributed by atoms with Crippen LogP contribution in [0.15, 0.2) is 5.16 Å². The molecule has 0 bridgehead atoms. The second-order valence-corrected chi connectivity index (χ2v) is 4.92. The van der Waals surface area contributed by atoms with Crippen LogP contribution in [-0.4, -0.2) is 41.6 Å². The molecule has 0 amide bonds. The smallest absolute Gasteiger partial charge is 0.286 e. The summed E-state index contributed by atoms with van der Waals surface area (Å²) in [6.07, 6.45) is 7.49. The second kappa shape index (κ2) is 5.37. The number of sulfone groups is 1. The van der Waals surface area contributed by atoms with Crippen molar-refractivity contribution in [2.75, 3.05) is 18.1 Å². The third kappa shape index (κ3) is 3.78. The van der Waals surface area contributed by atoms with Crippen LogP contribution in [0.1, 0.15) is 12.8 Å². The first-order valence-corrected chi connectivity index (χ1v) is 6.38. The van der Waals surface area contributed by atoms with Crippen LogP contribution in [0.25, 0.3) is 0 Å². The van der Waals surface area contributed by atoms with Crippen LogP contribution in [0, 0.1) is 12.3 Å². The van der Waals surface area contributed by atoms with Gasteiger partial charge in [-0.2, -0.15) is 0 Å².